The van der Waals surface area contributed by atoms with Gasteiger partial charge < -0.3 is 9.47 Å². The molecule has 0 saturated heterocycles. The van der Waals surface area contributed by atoms with Crippen LogP contribution >= 0.6 is 11.8 Å². The van der Waals surface area contributed by atoms with Gasteiger partial charge in [0.25, 0.3) is 0 Å². The van der Waals surface area contributed by atoms with Gasteiger partial charge in [-0.25, -0.2) is 4.98 Å². The molecule has 0 N–H and O–H groups in total. The van der Waals surface area contributed by atoms with Crippen LogP contribution < -0.4 is 9.47 Å². The van der Waals surface area contributed by atoms with Crippen LogP contribution in [0.3, 0.4) is 0 Å². The molecule has 1 heterocycles. The van der Waals surface area contributed by atoms with Crippen LogP contribution in [0, 0.1) is 0 Å². The first-order valence-electron chi connectivity index (χ1n) is 10.7. The molecule has 3 nitrogen and oxygen atoms in total. The molecule has 0 aliphatic carbocycles. The topological polar surface area (TPSA) is 31.4 Å². The number of hydrogen-bond acceptors (Lipinski definition) is 4. The summed E-state index contributed by atoms with van der Waals surface area (Å²) < 4.78 is 10.8. The molecule has 1 aromatic heterocycles. The second-order valence-corrected chi connectivity index (χ2v) is 8.62. The molecule has 33 heavy (non-hydrogen) atoms. The van der Waals surface area contributed by atoms with Crippen LogP contribution in [0.5, 0.6) is 11.5 Å². The summed E-state index contributed by atoms with van der Waals surface area (Å²) in [6.45, 7) is 0. The smallest absolute Gasteiger partial charge is 0.118 e. The van der Waals surface area contributed by atoms with E-state index >= 15 is 0 Å². The molecular formula is C29H23NO2S. The van der Waals surface area contributed by atoms with Gasteiger partial charge in [0.2, 0.25) is 0 Å². The minimum atomic E-state index is 0.829. The largest absolute Gasteiger partial charge is 0.497 e. The molecule has 0 saturated carbocycles. The summed E-state index contributed by atoms with van der Waals surface area (Å²) in [6, 6.07) is 35.2. The van der Waals surface area contributed by atoms with Crippen LogP contribution in [0.4, 0.5) is 0 Å². The number of methoxy groups -OCH3 is 2. The van der Waals surface area contributed by atoms with E-state index in [1.165, 1.54) is 0 Å². The summed E-state index contributed by atoms with van der Waals surface area (Å²) in [5.41, 5.74) is 5.45. The van der Waals surface area contributed by atoms with Crippen molar-refractivity contribution in [3.63, 3.8) is 0 Å². The monoisotopic (exact) mass is 449 g/mol. The molecule has 0 unspecified atom stereocenters. The van der Waals surface area contributed by atoms with Crippen molar-refractivity contribution in [3.05, 3.63) is 103 Å². The lowest BCUT2D eigenvalue weighted by Gasteiger charge is -2.18. The fraction of sp³-hybridized carbons (Fsp3) is 0.0690. The first-order chi connectivity index (χ1) is 16.3. The Balaban J connectivity index is 1.81. The van der Waals surface area contributed by atoms with Gasteiger partial charge in [0.15, 0.2) is 0 Å². The third-order valence-electron chi connectivity index (χ3n) is 5.57. The molecule has 0 radical (unpaired) electrons. The minimum Gasteiger partial charge on any atom is -0.497 e. The number of para-hydroxylation sites is 1. The summed E-state index contributed by atoms with van der Waals surface area (Å²) in [5, 5.41) is 2.08. The zero-order valence-corrected chi connectivity index (χ0v) is 19.3. The van der Waals surface area contributed by atoms with Crippen molar-refractivity contribution in [1.29, 1.82) is 0 Å². The molecule has 5 rings (SSSR count). The Bertz CT molecular complexity index is 1380. The van der Waals surface area contributed by atoms with E-state index in [9.17, 15) is 0 Å². The molecule has 0 atom stereocenters. The number of benzene rings is 4. The molecule has 0 aliphatic heterocycles. The maximum absolute atomic E-state index is 5.41. The fourth-order valence-corrected chi connectivity index (χ4v) is 4.93. The zero-order chi connectivity index (χ0) is 22.6. The Kier molecular flexibility index (Phi) is 6.01. The van der Waals surface area contributed by atoms with Gasteiger partial charge in [-0.2, -0.15) is 0 Å². The van der Waals surface area contributed by atoms with E-state index in [0.717, 1.165) is 54.6 Å². The van der Waals surface area contributed by atoms with E-state index in [4.69, 9.17) is 14.5 Å². The van der Waals surface area contributed by atoms with E-state index in [1.54, 1.807) is 26.0 Å². The van der Waals surface area contributed by atoms with E-state index in [1.807, 2.05) is 36.4 Å². The maximum Gasteiger partial charge on any atom is 0.118 e. The minimum absolute atomic E-state index is 0.829. The number of aromatic nitrogens is 1. The number of fused-ring (bicyclic) bond motifs is 1. The van der Waals surface area contributed by atoms with Crippen molar-refractivity contribution in [2.24, 2.45) is 0 Å². The van der Waals surface area contributed by atoms with Crippen molar-refractivity contribution < 1.29 is 9.47 Å². The lowest BCUT2D eigenvalue weighted by molar-refractivity contribution is 0.414. The highest BCUT2D eigenvalue weighted by molar-refractivity contribution is 7.99. The highest BCUT2D eigenvalue weighted by atomic mass is 32.2. The molecule has 0 spiro atoms. The summed E-state index contributed by atoms with van der Waals surface area (Å²) in [5.74, 6) is 1.66. The highest BCUT2D eigenvalue weighted by Crippen LogP contribution is 2.45. The van der Waals surface area contributed by atoms with E-state index in [2.05, 4.69) is 66.7 Å². The van der Waals surface area contributed by atoms with Crippen LogP contribution in [0.15, 0.2) is 113 Å². The lowest BCUT2D eigenvalue weighted by atomic mass is 9.92. The van der Waals surface area contributed by atoms with Crippen molar-refractivity contribution in [2.45, 2.75) is 9.92 Å². The molecule has 5 aromatic rings. The van der Waals surface area contributed by atoms with E-state index in [-0.39, 0.29) is 0 Å². The Morgan fingerprint density at radius 3 is 1.73 bits per heavy atom. The number of ether oxygens (including phenoxy) is 2. The van der Waals surface area contributed by atoms with Crippen molar-refractivity contribution >= 4 is 22.7 Å². The molecular weight excluding hydrogens is 426 g/mol. The van der Waals surface area contributed by atoms with Gasteiger partial charge in [-0.15, -0.1) is 0 Å². The lowest BCUT2D eigenvalue weighted by Crippen LogP contribution is -1.96. The van der Waals surface area contributed by atoms with Crippen LogP contribution in [-0.4, -0.2) is 19.2 Å². The highest BCUT2D eigenvalue weighted by Gasteiger charge is 2.19. The van der Waals surface area contributed by atoms with Crippen molar-refractivity contribution in [1.82, 2.24) is 4.98 Å². The first-order valence-corrected chi connectivity index (χ1v) is 11.5. The average Bonchev–Trinajstić information content (AvgIpc) is 2.89. The van der Waals surface area contributed by atoms with E-state index in [0.29, 0.717) is 0 Å². The van der Waals surface area contributed by atoms with Crippen molar-refractivity contribution in [2.75, 3.05) is 14.2 Å². The maximum atomic E-state index is 5.41. The summed E-state index contributed by atoms with van der Waals surface area (Å²) >= 11 is 1.68. The molecule has 0 amide bonds. The van der Waals surface area contributed by atoms with E-state index < -0.39 is 0 Å². The first kappa shape index (κ1) is 21.1. The summed E-state index contributed by atoms with van der Waals surface area (Å²) in [7, 11) is 3.38. The second-order valence-electron chi connectivity index (χ2n) is 7.56. The second kappa shape index (κ2) is 9.39. The number of hydrogen-bond donors (Lipinski definition) is 0. The van der Waals surface area contributed by atoms with Crippen LogP contribution in [0.1, 0.15) is 0 Å². The van der Waals surface area contributed by atoms with Gasteiger partial charge in [-0.1, -0.05) is 72.4 Å². The predicted molar refractivity (Wildman–Crippen MR) is 136 cm³/mol. The van der Waals surface area contributed by atoms with Gasteiger partial charge >= 0.3 is 0 Å². The van der Waals surface area contributed by atoms with Crippen LogP contribution in [0.2, 0.25) is 0 Å². The van der Waals surface area contributed by atoms with Gasteiger partial charge in [0, 0.05) is 21.4 Å². The Hall–Kier alpha value is -3.76. The van der Waals surface area contributed by atoms with Gasteiger partial charge in [-0.05, 0) is 53.6 Å². The molecule has 4 aromatic carbocycles. The zero-order valence-electron chi connectivity index (χ0n) is 18.5. The fourth-order valence-electron chi connectivity index (χ4n) is 3.95. The molecule has 4 heteroatoms. The van der Waals surface area contributed by atoms with Crippen LogP contribution in [0.25, 0.3) is 33.2 Å². The SMILES string of the molecule is COc1ccc(-c2c(Sc3ccccc3)nc3ccccc3c2-c2ccc(OC)cc2)cc1. The molecule has 0 fully saturated rings. The number of nitrogens with zero attached hydrogens (tertiary/aromatic N) is 1. The van der Waals surface area contributed by atoms with Crippen molar-refractivity contribution in [3.8, 4) is 33.8 Å². The Labute approximate surface area is 198 Å². The normalized spacial score (nSPS) is 10.8. The summed E-state index contributed by atoms with van der Waals surface area (Å²) in [6.07, 6.45) is 0. The third kappa shape index (κ3) is 4.30. The standard InChI is InChI=1S/C29H23NO2S/c1-31-22-16-12-20(13-17-22)27-25-10-6-7-11-26(25)30-29(33-24-8-4-3-5-9-24)28(27)21-14-18-23(32-2)19-15-21/h3-19H,1-2H3. The Morgan fingerprint density at radius 2 is 1.12 bits per heavy atom. The van der Waals surface area contributed by atoms with Gasteiger partial charge in [0.05, 0.1) is 19.7 Å². The molecule has 162 valence electrons. The average molecular weight is 450 g/mol. The van der Waals surface area contributed by atoms with Gasteiger partial charge in [0.1, 0.15) is 16.5 Å². The predicted octanol–water partition coefficient (Wildman–Crippen LogP) is 7.74. The number of pyridine rings is 1. The summed E-state index contributed by atoms with van der Waals surface area (Å²) in [4.78, 5) is 6.27. The molecule has 0 bridgehead atoms. The Morgan fingerprint density at radius 1 is 0.576 bits per heavy atom. The molecule has 0 aliphatic rings. The third-order valence-corrected chi connectivity index (χ3v) is 6.57. The number of rotatable bonds is 6. The quantitative estimate of drug-likeness (QED) is 0.265. The van der Waals surface area contributed by atoms with Crippen LogP contribution in [-0.2, 0) is 0 Å². The van der Waals surface area contributed by atoms with Gasteiger partial charge in [-0.3, -0.25) is 0 Å².